The van der Waals surface area contributed by atoms with Crippen molar-refractivity contribution in [2.45, 2.75) is 19.8 Å². The van der Waals surface area contributed by atoms with E-state index in [0.29, 0.717) is 15.7 Å². The number of hydrogen-bond acceptors (Lipinski definition) is 3. The van der Waals surface area contributed by atoms with Gasteiger partial charge < -0.3 is 10.2 Å². The van der Waals surface area contributed by atoms with Gasteiger partial charge in [0.05, 0.1) is 10.0 Å². The van der Waals surface area contributed by atoms with Crippen LogP contribution in [-0.4, -0.2) is 24.4 Å². The lowest BCUT2D eigenvalue weighted by Gasteiger charge is -2.14. The van der Waals surface area contributed by atoms with E-state index in [1.807, 2.05) is 18.0 Å². The van der Waals surface area contributed by atoms with Gasteiger partial charge in [-0.05, 0) is 24.6 Å². The highest BCUT2D eigenvalue weighted by Crippen LogP contribution is 2.25. The van der Waals surface area contributed by atoms with Gasteiger partial charge in [0.15, 0.2) is 0 Å². The molecule has 0 aliphatic rings. The molecule has 1 amide bonds. The Labute approximate surface area is 134 Å². The number of unbranched alkanes of at least 4 members (excludes halogenated alkanes) is 1. The summed E-state index contributed by atoms with van der Waals surface area (Å²) in [4.78, 5) is 13.9. The van der Waals surface area contributed by atoms with Gasteiger partial charge in [-0.1, -0.05) is 36.5 Å². The van der Waals surface area contributed by atoms with Crippen LogP contribution < -0.4 is 5.32 Å². The number of carbonyl (C=O) groups is 1. The molecule has 6 heteroatoms. The Morgan fingerprint density at radius 3 is 2.71 bits per heavy atom. The smallest absolute Gasteiger partial charge is 0.267 e. The first-order chi connectivity index (χ1) is 9.97. The van der Waals surface area contributed by atoms with E-state index in [2.05, 4.69) is 12.2 Å². The van der Waals surface area contributed by atoms with Crippen molar-refractivity contribution >= 4 is 34.8 Å². The molecule has 0 atom stereocenters. The average Bonchev–Trinajstić information content (AvgIpc) is 2.46. The predicted molar refractivity (Wildman–Crippen MR) is 86.3 cm³/mol. The summed E-state index contributed by atoms with van der Waals surface area (Å²) in [6.07, 6.45) is 3.60. The average molecular weight is 326 g/mol. The van der Waals surface area contributed by atoms with Crippen LogP contribution in [0, 0.1) is 11.3 Å². The van der Waals surface area contributed by atoms with E-state index in [4.69, 9.17) is 28.5 Å². The second-order valence-corrected chi connectivity index (χ2v) is 5.39. The zero-order valence-corrected chi connectivity index (χ0v) is 13.5. The molecule has 1 aromatic carbocycles. The fraction of sp³-hybridized carbons (Fsp3) is 0.333. The second-order valence-electron chi connectivity index (χ2n) is 4.57. The Hall–Kier alpha value is -1.70. The summed E-state index contributed by atoms with van der Waals surface area (Å²) in [5.41, 5.74) is 0.534. The van der Waals surface area contributed by atoms with Crippen molar-refractivity contribution in [3.05, 3.63) is 40.0 Å². The molecule has 0 radical (unpaired) electrons. The summed E-state index contributed by atoms with van der Waals surface area (Å²) in [5.74, 6) is -0.473. The molecule has 112 valence electrons. The van der Waals surface area contributed by atoms with Crippen LogP contribution in [0.1, 0.15) is 19.8 Å². The number of amides is 1. The van der Waals surface area contributed by atoms with Crippen LogP contribution in [0.25, 0.3) is 0 Å². The summed E-state index contributed by atoms with van der Waals surface area (Å²) in [6.45, 7) is 2.88. The van der Waals surface area contributed by atoms with Crippen LogP contribution in [0.5, 0.6) is 0 Å². The van der Waals surface area contributed by atoms with Crippen molar-refractivity contribution in [2.75, 3.05) is 18.9 Å². The topological polar surface area (TPSA) is 56.1 Å². The lowest BCUT2D eigenvalue weighted by Crippen LogP contribution is -2.19. The highest BCUT2D eigenvalue weighted by molar-refractivity contribution is 6.42. The molecule has 0 saturated heterocycles. The van der Waals surface area contributed by atoms with E-state index in [9.17, 15) is 4.79 Å². The summed E-state index contributed by atoms with van der Waals surface area (Å²) >= 11 is 11.7. The molecule has 0 unspecified atom stereocenters. The lowest BCUT2D eigenvalue weighted by molar-refractivity contribution is -0.112. The molecule has 1 aromatic rings. The van der Waals surface area contributed by atoms with Gasteiger partial charge in [-0.15, -0.1) is 0 Å². The van der Waals surface area contributed by atoms with Crippen molar-refractivity contribution in [1.82, 2.24) is 4.90 Å². The third kappa shape index (κ3) is 5.66. The Balaban J connectivity index is 2.77. The van der Waals surface area contributed by atoms with Crippen LogP contribution in [0.3, 0.4) is 0 Å². The predicted octanol–water partition coefficient (Wildman–Crippen LogP) is 4.07. The minimum absolute atomic E-state index is 0.0414. The highest BCUT2D eigenvalue weighted by Gasteiger charge is 2.11. The maximum absolute atomic E-state index is 12.0. The first-order valence-corrected chi connectivity index (χ1v) is 7.32. The summed E-state index contributed by atoms with van der Waals surface area (Å²) in [7, 11) is 1.83. The summed E-state index contributed by atoms with van der Waals surface area (Å²) in [5, 5.41) is 12.5. The van der Waals surface area contributed by atoms with E-state index < -0.39 is 5.91 Å². The number of carbonyl (C=O) groups excluding carboxylic acids is 1. The van der Waals surface area contributed by atoms with Gasteiger partial charge in [0.25, 0.3) is 5.91 Å². The zero-order valence-electron chi connectivity index (χ0n) is 12.0. The van der Waals surface area contributed by atoms with Gasteiger partial charge in [-0.25, -0.2) is 0 Å². The van der Waals surface area contributed by atoms with Crippen LogP contribution in [0.2, 0.25) is 10.0 Å². The molecular formula is C15H17Cl2N3O. The molecule has 0 bridgehead atoms. The second kappa shape index (κ2) is 8.56. The number of halogens is 2. The molecular weight excluding hydrogens is 309 g/mol. The quantitative estimate of drug-likeness (QED) is 0.633. The Bertz CT molecular complexity index is 579. The Kier molecular flexibility index (Phi) is 7.07. The minimum Gasteiger partial charge on any atom is -0.379 e. The first kappa shape index (κ1) is 17.4. The number of anilines is 1. The molecule has 0 saturated carbocycles. The molecule has 0 heterocycles. The highest BCUT2D eigenvalue weighted by atomic mass is 35.5. The molecule has 1 N–H and O–H groups in total. The summed E-state index contributed by atoms with van der Waals surface area (Å²) in [6, 6.07) is 6.66. The fourth-order valence-corrected chi connectivity index (χ4v) is 1.90. The van der Waals surface area contributed by atoms with Gasteiger partial charge in [0.1, 0.15) is 11.6 Å². The third-order valence-corrected chi connectivity index (χ3v) is 3.50. The SMILES string of the molecule is CCCCN(C)/C=C(/C#N)C(=O)Nc1ccc(Cl)c(Cl)c1. The molecule has 21 heavy (non-hydrogen) atoms. The van der Waals surface area contributed by atoms with Crippen LogP contribution in [0.15, 0.2) is 30.0 Å². The van der Waals surface area contributed by atoms with Crippen LogP contribution in [-0.2, 0) is 4.79 Å². The maximum atomic E-state index is 12.0. The third-order valence-electron chi connectivity index (χ3n) is 2.76. The number of nitriles is 1. The number of nitrogens with zero attached hydrogens (tertiary/aromatic N) is 2. The van der Waals surface area contributed by atoms with E-state index in [0.717, 1.165) is 19.4 Å². The van der Waals surface area contributed by atoms with Crippen molar-refractivity contribution in [2.24, 2.45) is 0 Å². The van der Waals surface area contributed by atoms with Crippen LogP contribution in [0.4, 0.5) is 5.69 Å². The number of benzene rings is 1. The van der Waals surface area contributed by atoms with E-state index in [1.165, 1.54) is 6.07 Å². The molecule has 0 aliphatic carbocycles. The standard InChI is InChI=1S/C15H17Cl2N3O/c1-3-4-7-20(2)10-11(9-18)15(21)19-12-5-6-13(16)14(17)8-12/h5-6,8,10H,3-4,7H2,1-2H3,(H,19,21)/b11-10-. The van der Waals surface area contributed by atoms with Crippen molar-refractivity contribution in [3.63, 3.8) is 0 Å². The largest absolute Gasteiger partial charge is 0.379 e. The van der Waals surface area contributed by atoms with Crippen molar-refractivity contribution < 1.29 is 4.79 Å². The normalized spacial score (nSPS) is 10.9. The molecule has 0 spiro atoms. The molecule has 0 aliphatic heterocycles. The minimum atomic E-state index is -0.473. The Morgan fingerprint density at radius 2 is 2.14 bits per heavy atom. The van der Waals surface area contributed by atoms with E-state index >= 15 is 0 Å². The Morgan fingerprint density at radius 1 is 1.43 bits per heavy atom. The molecule has 4 nitrogen and oxygen atoms in total. The molecule has 0 aromatic heterocycles. The van der Waals surface area contributed by atoms with Gasteiger partial charge in [-0.2, -0.15) is 5.26 Å². The fourth-order valence-electron chi connectivity index (χ4n) is 1.60. The summed E-state index contributed by atoms with van der Waals surface area (Å²) < 4.78 is 0. The zero-order chi connectivity index (χ0) is 15.8. The lowest BCUT2D eigenvalue weighted by atomic mass is 10.2. The first-order valence-electron chi connectivity index (χ1n) is 6.56. The number of nitrogens with one attached hydrogen (secondary N) is 1. The van der Waals surface area contributed by atoms with Crippen molar-refractivity contribution in [3.8, 4) is 6.07 Å². The monoisotopic (exact) mass is 325 g/mol. The van der Waals surface area contributed by atoms with Gasteiger partial charge >= 0.3 is 0 Å². The molecule has 1 rings (SSSR count). The van der Waals surface area contributed by atoms with Crippen LogP contribution >= 0.6 is 23.2 Å². The molecule has 0 fully saturated rings. The number of hydrogen-bond donors (Lipinski definition) is 1. The van der Waals surface area contributed by atoms with Gasteiger partial charge in [0.2, 0.25) is 0 Å². The number of rotatable bonds is 6. The van der Waals surface area contributed by atoms with E-state index in [-0.39, 0.29) is 5.57 Å². The van der Waals surface area contributed by atoms with Crippen molar-refractivity contribution in [1.29, 1.82) is 5.26 Å². The van der Waals surface area contributed by atoms with Gasteiger partial charge in [0, 0.05) is 25.5 Å². The van der Waals surface area contributed by atoms with E-state index in [1.54, 1.807) is 18.3 Å². The maximum Gasteiger partial charge on any atom is 0.267 e. The van der Waals surface area contributed by atoms with Gasteiger partial charge in [-0.3, -0.25) is 4.79 Å².